The molecule has 0 fully saturated rings. The third-order valence-electron chi connectivity index (χ3n) is 5.59. The zero-order valence-electron chi connectivity index (χ0n) is 17.4. The van der Waals surface area contributed by atoms with Crippen molar-refractivity contribution in [2.75, 3.05) is 12.4 Å². The third kappa shape index (κ3) is 4.23. The van der Waals surface area contributed by atoms with Gasteiger partial charge in [-0.05, 0) is 37.0 Å². The summed E-state index contributed by atoms with van der Waals surface area (Å²) >= 11 is 0. The summed E-state index contributed by atoms with van der Waals surface area (Å²) in [6, 6.07) is 1.69. The first-order valence-electron chi connectivity index (χ1n) is 9.94. The lowest BCUT2D eigenvalue weighted by atomic mass is 9.93. The van der Waals surface area contributed by atoms with Crippen molar-refractivity contribution in [3.05, 3.63) is 58.4 Å². The fourth-order valence-corrected chi connectivity index (χ4v) is 3.72. The summed E-state index contributed by atoms with van der Waals surface area (Å²) in [7, 11) is 2.76. The van der Waals surface area contributed by atoms with E-state index in [4.69, 9.17) is 0 Å². The van der Waals surface area contributed by atoms with Crippen LogP contribution in [0.25, 0.3) is 16.7 Å². The lowest BCUT2D eigenvalue weighted by molar-refractivity contribution is -0.138. The number of allylic oxidation sites excluding steroid dienone is 1. The first-order valence-corrected chi connectivity index (χ1v) is 9.94. The van der Waals surface area contributed by atoms with Gasteiger partial charge in [-0.15, -0.1) is 0 Å². The molecule has 8 nitrogen and oxygen atoms in total. The number of aryl methyl sites for hydroxylation is 1. The number of fused-ring (bicyclic) bond motifs is 1. The van der Waals surface area contributed by atoms with Gasteiger partial charge in [-0.25, -0.2) is 14.8 Å². The van der Waals surface area contributed by atoms with Crippen LogP contribution in [0.5, 0.6) is 0 Å². The minimum atomic E-state index is -4.63. The lowest BCUT2D eigenvalue weighted by Gasteiger charge is -2.30. The van der Waals surface area contributed by atoms with E-state index in [-0.39, 0.29) is 6.04 Å². The number of H-pyrrole nitrogens is 1. The zero-order valence-corrected chi connectivity index (χ0v) is 17.4. The second kappa shape index (κ2) is 8.13. The number of aromatic amines is 1. The Morgan fingerprint density at radius 3 is 2.84 bits per heavy atom. The van der Waals surface area contributed by atoms with Gasteiger partial charge >= 0.3 is 12.2 Å². The highest BCUT2D eigenvalue weighted by Gasteiger charge is 2.32. The Labute approximate surface area is 180 Å². The van der Waals surface area contributed by atoms with Crippen LogP contribution in [0.2, 0.25) is 0 Å². The minimum Gasteiger partial charge on any atom is -0.345 e. The number of rotatable bonds is 3. The summed E-state index contributed by atoms with van der Waals surface area (Å²) in [5.41, 5.74) is 1.13. The average Bonchev–Trinajstić information content (AvgIpc) is 3.23. The molecule has 0 radical (unpaired) electrons. The second-order valence-corrected chi connectivity index (χ2v) is 7.72. The molecule has 0 saturated carbocycles. The van der Waals surface area contributed by atoms with Crippen molar-refractivity contribution in [2.45, 2.75) is 31.5 Å². The van der Waals surface area contributed by atoms with E-state index in [0.717, 1.165) is 21.4 Å². The Hall–Kier alpha value is -3.63. The highest BCUT2D eigenvalue weighted by molar-refractivity contribution is 5.89. The van der Waals surface area contributed by atoms with Crippen molar-refractivity contribution in [2.24, 2.45) is 7.05 Å². The molecular formula is C21H21F3N6O2. The first kappa shape index (κ1) is 21.6. The second-order valence-electron chi connectivity index (χ2n) is 7.72. The molecule has 0 saturated heterocycles. The maximum absolute atomic E-state index is 13.1. The molecule has 168 valence electrons. The van der Waals surface area contributed by atoms with Crippen LogP contribution in [0.3, 0.4) is 0 Å². The van der Waals surface area contributed by atoms with Crippen molar-refractivity contribution in [1.29, 1.82) is 0 Å². The van der Waals surface area contributed by atoms with Crippen LogP contribution in [0.15, 0.2) is 41.6 Å². The number of nitrogens with one attached hydrogen (secondary N) is 2. The monoisotopic (exact) mass is 446 g/mol. The van der Waals surface area contributed by atoms with Crippen molar-refractivity contribution in [3.63, 3.8) is 0 Å². The van der Waals surface area contributed by atoms with Gasteiger partial charge in [-0.3, -0.25) is 4.79 Å². The molecule has 0 spiro atoms. The quantitative estimate of drug-likeness (QED) is 0.640. The Bertz CT molecular complexity index is 1260. The van der Waals surface area contributed by atoms with Gasteiger partial charge in [0.15, 0.2) is 5.65 Å². The molecule has 1 aliphatic carbocycles. The van der Waals surface area contributed by atoms with Crippen molar-refractivity contribution < 1.29 is 18.0 Å². The molecule has 0 bridgehead atoms. The number of urea groups is 1. The number of hydrogen-bond donors (Lipinski definition) is 2. The van der Waals surface area contributed by atoms with Crippen LogP contribution in [-0.4, -0.2) is 43.5 Å². The van der Waals surface area contributed by atoms with E-state index in [2.05, 4.69) is 20.3 Å². The molecule has 0 aliphatic heterocycles. The molecule has 2 N–H and O–H groups in total. The Kier molecular flexibility index (Phi) is 5.49. The van der Waals surface area contributed by atoms with Crippen molar-refractivity contribution >= 4 is 28.5 Å². The van der Waals surface area contributed by atoms with Crippen LogP contribution >= 0.6 is 0 Å². The van der Waals surface area contributed by atoms with Gasteiger partial charge in [0.2, 0.25) is 0 Å². The Morgan fingerprint density at radius 2 is 2.16 bits per heavy atom. The van der Waals surface area contributed by atoms with Crippen LogP contribution in [0.1, 0.15) is 30.5 Å². The summed E-state index contributed by atoms with van der Waals surface area (Å²) in [6.45, 7) is 0. The zero-order chi connectivity index (χ0) is 23.0. The minimum absolute atomic E-state index is 0.169. The molecule has 3 aromatic rings. The van der Waals surface area contributed by atoms with E-state index in [1.54, 1.807) is 19.4 Å². The van der Waals surface area contributed by atoms with Crippen LogP contribution < -0.4 is 10.9 Å². The van der Waals surface area contributed by atoms with Crippen LogP contribution in [-0.2, 0) is 13.2 Å². The van der Waals surface area contributed by atoms with Gasteiger partial charge in [0.1, 0.15) is 11.2 Å². The number of nitrogens with zero attached hydrogens (tertiary/aromatic N) is 4. The van der Waals surface area contributed by atoms with Crippen LogP contribution in [0.4, 0.5) is 23.7 Å². The Morgan fingerprint density at radius 1 is 1.38 bits per heavy atom. The maximum Gasteiger partial charge on any atom is 0.417 e. The van der Waals surface area contributed by atoms with Crippen molar-refractivity contribution in [3.8, 4) is 0 Å². The normalized spacial score (nSPS) is 16.7. The summed E-state index contributed by atoms with van der Waals surface area (Å²) in [5, 5.41) is 2.33. The number of anilines is 1. The fraction of sp³-hybridized carbons (Fsp3) is 0.333. The molecule has 3 aromatic heterocycles. The number of aromatic nitrogens is 4. The van der Waals surface area contributed by atoms with E-state index in [9.17, 15) is 22.8 Å². The smallest absolute Gasteiger partial charge is 0.345 e. The largest absolute Gasteiger partial charge is 0.417 e. The van der Waals surface area contributed by atoms with Gasteiger partial charge in [-0.1, -0.05) is 6.08 Å². The standard InChI is InChI=1S/C21H21F3N6O2/c1-29-11-13(21(22,23)24)9-16(19(29)31)28-20(32)30(2)14-5-3-12(4-6-14)17-10-26-18-15(27-17)7-8-25-18/h3,7-11,14H,4-6H2,1-2H3,(H,25,26)(H,28,32). The molecule has 1 atom stereocenters. The van der Waals surface area contributed by atoms with Gasteiger partial charge in [-0.2, -0.15) is 13.2 Å². The number of hydrogen-bond acceptors (Lipinski definition) is 4. The number of amides is 2. The van der Waals surface area contributed by atoms with Gasteiger partial charge in [0.25, 0.3) is 5.56 Å². The number of carbonyl (C=O) groups is 1. The number of pyridine rings is 1. The van der Waals surface area contributed by atoms with E-state index in [0.29, 0.717) is 37.2 Å². The van der Waals surface area contributed by atoms with Gasteiger partial charge in [0, 0.05) is 32.5 Å². The third-order valence-corrected chi connectivity index (χ3v) is 5.59. The predicted octanol–water partition coefficient (Wildman–Crippen LogP) is 3.78. The highest BCUT2D eigenvalue weighted by Crippen LogP contribution is 2.30. The first-order chi connectivity index (χ1) is 15.1. The molecule has 4 rings (SSSR count). The van der Waals surface area contributed by atoms with Gasteiger partial charge in [0.05, 0.1) is 17.5 Å². The number of alkyl halides is 3. The van der Waals surface area contributed by atoms with E-state index in [1.807, 2.05) is 12.1 Å². The summed E-state index contributed by atoms with van der Waals surface area (Å²) in [6.07, 6.45) is 3.38. The van der Waals surface area contributed by atoms with E-state index in [1.165, 1.54) is 11.9 Å². The fourth-order valence-electron chi connectivity index (χ4n) is 3.72. The van der Waals surface area contributed by atoms with Crippen LogP contribution in [0, 0.1) is 0 Å². The summed E-state index contributed by atoms with van der Waals surface area (Å²) in [4.78, 5) is 38.2. The molecular weight excluding hydrogens is 425 g/mol. The topological polar surface area (TPSA) is 95.9 Å². The molecule has 11 heteroatoms. The summed E-state index contributed by atoms with van der Waals surface area (Å²) < 4.78 is 40.0. The summed E-state index contributed by atoms with van der Waals surface area (Å²) in [5.74, 6) is 0. The SMILES string of the molecule is CN(C(=O)Nc1cc(C(F)(F)F)cn(C)c1=O)C1CC=C(c2cnc3[nH]ccc3n2)CC1. The number of carbonyl (C=O) groups excluding carboxylic acids is 1. The van der Waals surface area contributed by atoms with Crippen molar-refractivity contribution in [1.82, 2.24) is 24.4 Å². The van der Waals surface area contributed by atoms with E-state index >= 15 is 0 Å². The maximum atomic E-state index is 13.1. The Balaban J connectivity index is 1.46. The molecule has 0 aromatic carbocycles. The predicted molar refractivity (Wildman–Crippen MR) is 113 cm³/mol. The molecule has 2 amide bonds. The molecule has 1 aliphatic rings. The molecule has 32 heavy (non-hydrogen) atoms. The van der Waals surface area contributed by atoms with E-state index < -0.39 is 29.0 Å². The highest BCUT2D eigenvalue weighted by atomic mass is 19.4. The van der Waals surface area contributed by atoms with Gasteiger partial charge < -0.3 is 19.8 Å². The average molecular weight is 446 g/mol. The number of halogens is 3. The molecule has 3 heterocycles. The molecule has 1 unspecified atom stereocenters. The lowest BCUT2D eigenvalue weighted by Crippen LogP contribution is -2.41.